The second-order valence-electron chi connectivity index (χ2n) is 26.0. The Morgan fingerprint density at radius 1 is 0.405 bits per heavy atom. The zero-order valence-electron chi connectivity index (χ0n) is 55.2. The van der Waals surface area contributed by atoms with Crippen LogP contribution in [0.1, 0.15) is 367 Å². The Labute approximate surface area is 518 Å². The summed E-state index contributed by atoms with van der Waals surface area (Å²) >= 11 is 0. The van der Waals surface area contributed by atoms with Crippen LogP contribution in [0.3, 0.4) is 0 Å². The molecule has 0 bridgehead atoms. The number of allylic oxidation sites excluding steroid dienone is 4. The number of unbranched alkanes of at least 4 members (excludes halogenated alkanes) is 49. The van der Waals surface area contributed by atoms with Gasteiger partial charge in [0.1, 0.15) is 36.6 Å². The van der Waals surface area contributed by atoms with Gasteiger partial charge in [-0.3, -0.25) is 4.79 Å². The van der Waals surface area contributed by atoms with Gasteiger partial charge >= 0.3 is 0 Å². The van der Waals surface area contributed by atoms with Gasteiger partial charge in [-0.2, -0.15) is 0 Å². The monoisotopic (exact) mass is 1190 g/mol. The first-order valence-electron chi connectivity index (χ1n) is 36.7. The SMILES string of the molecule is CCCCCCCCCCCCCCCC/C=C\CCCCCCCCCCCCCCCCCCC(O)C(=O)NC(COC1OC(CO)C(O)C(O)C1O)C(O)C(O)CCC/C=C/CCCCCCCCCCCCCCCCCCCC. The Kier molecular flexibility index (Phi) is 59.3. The average Bonchev–Trinajstić information content (AvgIpc) is 3.66. The lowest BCUT2D eigenvalue weighted by Crippen LogP contribution is -2.60. The van der Waals surface area contributed by atoms with E-state index in [2.05, 4.69) is 43.5 Å². The Morgan fingerprint density at radius 3 is 1.02 bits per heavy atom. The van der Waals surface area contributed by atoms with Gasteiger partial charge in [-0.1, -0.05) is 327 Å². The van der Waals surface area contributed by atoms with Crippen molar-refractivity contribution in [1.82, 2.24) is 5.32 Å². The van der Waals surface area contributed by atoms with Crippen LogP contribution in [0, 0.1) is 0 Å². The summed E-state index contributed by atoms with van der Waals surface area (Å²) < 4.78 is 11.2. The predicted molar refractivity (Wildman–Crippen MR) is 353 cm³/mol. The summed E-state index contributed by atoms with van der Waals surface area (Å²) in [6.45, 7) is 3.51. The zero-order valence-corrected chi connectivity index (χ0v) is 55.2. The molecule has 0 saturated carbocycles. The van der Waals surface area contributed by atoms with Gasteiger partial charge in [-0.05, 0) is 64.2 Å². The summed E-state index contributed by atoms with van der Waals surface area (Å²) in [6, 6.07) is -1.18. The molecule has 1 rings (SSSR count). The number of aliphatic hydroxyl groups is 7. The highest BCUT2D eigenvalue weighted by molar-refractivity contribution is 5.80. The Hall–Kier alpha value is -1.41. The van der Waals surface area contributed by atoms with E-state index in [1.807, 2.05) is 0 Å². The van der Waals surface area contributed by atoms with Gasteiger partial charge in [-0.25, -0.2) is 0 Å². The van der Waals surface area contributed by atoms with Gasteiger partial charge in [0.2, 0.25) is 5.91 Å². The molecule has 0 aromatic rings. The van der Waals surface area contributed by atoms with Crippen molar-refractivity contribution >= 4 is 5.91 Å². The summed E-state index contributed by atoms with van der Waals surface area (Å²) in [5.41, 5.74) is 0. The maximum absolute atomic E-state index is 13.3. The lowest BCUT2D eigenvalue weighted by molar-refractivity contribution is -0.303. The second kappa shape index (κ2) is 61.8. The smallest absolute Gasteiger partial charge is 0.249 e. The van der Waals surface area contributed by atoms with Gasteiger partial charge in [-0.15, -0.1) is 0 Å². The zero-order chi connectivity index (χ0) is 61.0. The highest BCUT2D eigenvalue weighted by atomic mass is 16.7. The van der Waals surface area contributed by atoms with E-state index in [-0.39, 0.29) is 12.8 Å². The number of carbonyl (C=O) groups excluding carboxylic acids is 1. The molecular formula is C73H141NO10. The van der Waals surface area contributed by atoms with Crippen LogP contribution < -0.4 is 5.32 Å². The third kappa shape index (κ3) is 48.5. The number of ether oxygens (including phenoxy) is 2. The molecule has 0 aromatic carbocycles. The van der Waals surface area contributed by atoms with Crippen LogP contribution >= 0.6 is 0 Å². The third-order valence-corrected chi connectivity index (χ3v) is 18.0. The molecule has 8 N–H and O–H groups in total. The van der Waals surface area contributed by atoms with Crippen molar-refractivity contribution in [2.24, 2.45) is 0 Å². The van der Waals surface area contributed by atoms with Crippen LogP contribution in [-0.4, -0.2) is 110 Å². The van der Waals surface area contributed by atoms with Crippen LogP contribution in [0.25, 0.3) is 0 Å². The fraction of sp³-hybridized carbons (Fsp3) is 0.932. The molecule has 0 spiro atoms. The van der Waals surface area contributed by atoms with Crippen LogP contribution in [0.4, 0.5) is 0 Å². The molecule has 9 atom stereocenters. The molecule has 0 radical (unpaired) electrons. The Bertz CT molecular complexity index is 1420. The van der Waals surface area contributed by atoms with E-state index in [1.165, 1.54) is 289 Å². The Morgan fingerprint density at radius 2 is 0.702 bits per heavy atom. The number of aliphatic hydroxyl groups excluding tert-OH is 7. The molecule has 1 aliphatic heterocycles. The molecule has 11 nitrogen and oxygen atoms in total. The number of hydrogen-bond donors (Lipinski definition) is 8. The number of amides is 1. The molecule has 11 heteroatoms. The molecule has 1 saturated heterocycles. The fourth-order valence-electron chi connectivity index (χ4n) is 12.1. The molecule has 1 aliphatic rings. The van der Waals surface area contributed by atoms with Crippen LogP contribution in [0.15, 0.2) is 24.3 Å². The van der Waals surface area contributed by atoms with Crippen LogP contribution in [-0.2, 0) is 14.3 Å². The van der Waals surface area contributed by atoms with Crippen molar-refractivity contribution in [2.75, 3.05) is 13.2 Å². The van der Waals surface area contributed by atoms with E-state index >= 15 is 0 Å². The maximum atomic E-state index is 13.3. The van der Waals surface area contributed by atoms with Gasteiger partial charge in [0.05, 0.1) is 25.4 Å². The summed E-state index contributed by atoms with van der Waals surface area (Å²) in [5, 5.41) is 76.5. The molecule has 498 valence electrons. The molecule has 1 heterocycles. The minimum absolute atomic E-state index is 0.258. The van der Waals surface area contributed by atoms with Crippen LogP contribution in [0.5, 0.6) is 0 Å². The predicted octanol–water partition coefficient (Wildman–Crippen LogP) is 18.0. The lowest BCUT2D eigenvalue weighted by atomic mass is 9.98. The molecule has 0 aliphatic carbocycles. The quantitative estimate of drug-likeness (QED) is 0.0215. The molecule has 84 heavy (non-hydrogen) atoms. The van der Waals surface area contributed by atoms with Gasteiger partial charge in [0, 0.05) is 0 Å². The standard InChI is InChI=1S/C73H141NO10/c1-3-5-7-9-11-13-15-17-19-21-23-25-27-28-29-30-31-32-33-34-35-36-37-39-41-43-45-47-49-51-53-55-57-59-61-66(77)72(82)74-64(63-83-73-71(81)70(80)69(79)67(62-75)84-73)68(78)65(76)60-58-56-54-52-50-48-46-44-42-40-38-26-24-22-20-18-16-14-12-10-8-6-4-2/h30-31,52,54,64-71,73,75-81H,3-29,32-51,53,55-63H2,1-2H3,(H,74,82)/b31-30-,54-52+. The summed E-state index contributed by atoms with van der Waals surface area (Å²) in [4.78, 5) is 13.3. The maximum Gasteiger partial charge on any atom is 0.249 e. The van der Waals surface area contributed by atoms with E-state index in [4.69, 9.17) is 9.47 Å². The van der Waals surface area contributed by atoms with E-state index in [1.54, 1.807) is 0 Å². The number of rotatable bonds is 65. The lowest BCUT2D eigenvalue weighted by Gasteiger charge is -2.40. The van der Waals surface area contributed by atoms with E-state index in [9.17, 15) is 40.5 Å². The van der Waals surface area contributed by atoms with Gasteiger partial charge in [0.15, 0.2) is 6.29 Å². The van der Waals surface area contributed by atoms with Crippen molar-refractivity contribution in [3.05, 3.63) is 24.3 Å². The van der Waals surface area contributed by atoms with Crippen molar-refractivity contribution in [3.63, 3.8) is 0 Å². The molecular weight excluding hydrogens is 1050 g/mol. The van der Waals surface area contributed by atoms with Gasteiger partial charge < -0.3 is 50.5 Å². The molecule has 1 amide bonds. The second-order valence-corrected chi connectivity index (χ2v) is 26.0. The first-order valence-corrected chi connectivity index (χ1v) is 36.7. The normalized spacial score (nSPS) is 19.0. The summed E-state index contributed by atoms with van der Waals surface area (Å²) in [6.07, 6.45) is 67.1. The third-order valence-electron chi connectivity index (χ3n) is 18.0. The minimum Gasteiger partial charge on any atom is -0.394 e. The number of carbonyl (C=O) groups is 1. The van der Waals surface area contributed by atoms with Crippen LogP contribution in [0.2, 0.25) is 0 Å². The van der Waals surface area contributed by atoms with E-state index < -0.39 is 74.2 Å². The van der Waals surface area contributed by atoms with Crippen molar-refractivity contribution in [1.29, 1.82) is 0 Å². The van der Waals surface area contributed by atoms with E-state index in [0.29, 0.717) is 12.8 Å². The number of hydrogen-bond acceptors (Lipinski definition) is 10. The molecule has 0 aromatic heterocycles. The highest BCUT2D eigenvalue weighted by Gasteiger charge is 2.44. The molecule has 9 unspecified atom stereocenters. The largest absolute Gasteiger partial charge is 0.394 e. The van der Waals surface area contributed by atoms with Crippen molar-refractivity contribution < 1.29 is 50.0 Å². The number of nitrogens with one attached hydrogen (secondary N) is 1. The van der Waals surface area contributed by atoms with Crippen molar-refractivity contribution in [3.8, 4) is 0 Å². The van der Waals surface area contributed by atoms with Gasteiger partial charge in [0.25, 0.3) is 0 Å². The molecule has 1 fully saturated rings. The average molecular weight is 1190 g/mol. The minimum atomic E-state index is -1.67. The summed E-state index contributed by atoms with van der Waals surface area (Å²) in [7, 11) is 0. The Balaban J connectivity index is 2.17. The first-order chi connectivity index (χ1) is 41.2. The first kappa shape index (κ1) is 80.6. The van der Waals surface area contributed by atoms with Crippen molar-refractivity contribution in [2.45, 2.75) is 422 Å². The highest BCUT2D eigenvalue weighted by Crippen LogP contribution is 2.24. The summed E-state index contributed by atoms with van der Waals surface area (Å²) in [5.74, 6) is -0.699. The van der Waals surface area contributed by atoms with E-state index in [0.717, 1.165) is 38.5 Å². The topological polar surface area (TPSA) is 189 Å². The fourth-order valence-corrected chi connectivity index (χ4v) is 12.1.